The zero-order valence-corrected chi connectivity index (χ0v) is 19.3. The van der Waals surface area contributed by atoms with Crippen LogP contribution in [0.3, 0.4) is 0 Å². The lowest BCUT2D eigenvalue weighted by atomic mass is 9.89. The normalized spacial score (nSPS) is 13.2. The average molecular weight is 456 g/mol. The number of aliphatic carboxylic acids is 1. The minimum absolute atomic E-state index is 0.265. The predicted octanol–water partition coefficient (Wildman–Crippen LogP) is 6.44. The molecule has 0 radical (unpaired) electrons. The van der Waals surface area contributed by atoms with Crippen LogP contribution in [0.15, 0.2) is 89.6 Å². The molecule has 3 aromatic carbocycles. The Hall–Kier alpha value is -3.86. The van der Waals surface area contributed by atoms with Gasteiger partial charge in [-0.2, -0.15) is 0 Å². The van der Waals surface area contributed by atoms with Crippen molar-refractivity contribution in [2.24, 2.45) is 5.16 Å². The lowest BCUT2D eigenvalue weighted by Gasteiger charge is -2.20. The summed E-state index contributed by atoms with van der Waals surface area (Å²) in [5.41, 5.74) is 6.53. The third-order valence-electron chi connectivity index (χ3n) is 5.91. The maximum atomic E-state index is 10.9. The summed E-state index contributed by atoms with van der Waals surface area (Å²) in [6.45, 7) is 1.76. The molecule has 4 rings (SSSR count). The van der Waals surface area contributed by atoms with E-state index in [1.807, 2.05) is 54.6 Å². The van der Waals surface area contributed by atoms with Gasteiger partial charge in [0.05, 0.1) is 5.71 Å². The van der Waals surface area contributed by atoms with Crippen LogP contribution in [0.25, 0.3) is 6.08 Å². The number of oxime groups is 1. The van der Waals surface area contributed by atoms with E-state index >= 15 is 0 Å². The fourth-order valence-corrected chi connectivity index (χ4v) is 4.16. The van der Waals surface area contributed by atoms with Gasteiger partial charge in [-0.15, -0.1) is 0 Å². The first-order valence-corrected chi connectivity index (χ1v) is 11.6. The lowest BCUT2D eigenvalue weighted by molar-refractivity contribution is -0.139. The molecule has 0 atom stereocenters. The first kappa shape index (κ1) is 23.3. The van der Waals surface area contributed by atoms with Gasteiger partial charge in [0, 0.05) is 12.0 Å². The maximum Gasteiger partial charge on any atom is 0.341 e. The van der Waals surface area contributed by atoms with E-state index in [4.69, 9.17) is 14.7 Å². The molecule has 0 aromatic heterocycles. The van der Waals surface area contributed by atoms with E-state index in [0.717, 1.165) is 53.6 Å². The summed E-state index contributed by atoms with van der Waals surface area (Å²) in [7, 11) is 0. The Morgan fingerprint density at radius 2 is 1.62 bits per heavy atom. The Bertz CT molecular complexity index is 1130. The molecule has 0 unspecified atom stereocenters. The number of carbonyl (C=O) groups is 1. The van der Waals surface area contributed by atoms with Crippen LogP contribution in [-0.4, -0.2) is 23.4 Å². The van der Waals surface area contributed by atoms with E-state index in [0.29, 0.717) is 5.75 Å². The van der Waals surface area contributed by atoms with Crippen LogP contribution in [0.1, 0.15) is 54.5 Å². The summed E-state index contributed by atoms with van der Waals surface area (Å²) in [6.07, 6.45) is 5.13. The number of allylic oxidation sites excluding steroid dienone is 1. The van der Waals surface area contributed by atoms with E-state index in [-0.39, 0.29) is 12.7 Å². The molecule has 0 saturated carbocycles. The van der Waals surface area contributed by atoms with Gasteiger partial charge in [0.2, 0.25) is 0 Å². The molecule has 5 nitrogen and oxygen atoms in total. The smallest absolute Gasteiger partial charge is 0.341 e. The van der Waals surface area contributed by atoms with E-state index in [1.54, 1.807) is 0 Å². The molecule has 1 N–H and O–H groups in total. The monoisotopic (exact) mass is 455 g/mol. The van der Waals surface area contributed by atoms with Gasteiger partial charge < -0.3 is 14.7 Å². The summed E-state index contributed by atoms with van der Waals surface area (Å²) in [6, 6.07) is 26.1. The van der Waals surface area contributed by atoms with Crippen LogP contribution in [0.5, 0.6) is 5.75 Å². The van der Waals surface area contributed by atoms with Crippen molar-refractivity contribution in [2.75, 3.05) is 6.61 Å². The van der Waals surface area contributed by atoms with Crippen molar-refractivity contribution < 1.29 is 19.5 Å². The molecule has 0 bridgehead atoms. The number of ether oxygens (including phenoxy) is 1. The molecule has 174 valence electrons. The number of hydrogen-bond acceptors (Lipinski definition) is 4. The topological polar surface area (TPSA) is 68.1 Å². The molecule has 1 aliphatic rings. The third-order valence-corrected chi connectivity index (χ3v) is 5.91. The van der Waals surface area contributed by atoms with Crippen molar-refractivity contribution in [3.63, 3.8) is 0 Å². The molecule has 0 heterocycles. The number of carboxylic acid groups (broad SMARTS) is 1. The minimum atomic E-state index is -0.974. The predicted molar refractivity (Wildman–Crippen MR) is 134 cm³/mol. The van der Waals surface area contributed by atoms with Crippen molar-refractivity contribution in [3.8, 4) is 5.75 Å². The van der Waals surface area contributed by atoms with E-state index < -0.39 is 5.97 Å². The number of benzene rings is 3. The second kappa shape index (κ2) is 11.3. The van der Waals surface area contributed by atoms with E-state index in [9.17, 15) is 4.79 Å². The first-order valence-electron chi connectivity index (χ1n) is 11.6. The fraction of sp³-hybridized carbons (Fsp3) is 0.241. The van der Waals surface area contributed by atoms with Crippen molar-refractivity contribution >= 4 is 17.8 Å². The second-order valence-corrected chi connectivity index (χ2v) is 8.30. The van der Waals surface area contributed by atoms with Crippen LogP contribution < -0.4 is 4.74 Å². The van der Waals surface area contributed by atoms with Gasteiger partial charge in [-0.05, 0) is 42.0 Å². The van der Waals surface area contributed by atoms with Gasteiger partial charge >= 0.3 is 5.97 Å². The van der Waals surface area contributed by atoms with E-state index in [1.165, 1.54) is 5.57 Å². The fourth-order valence-electron chi connectivity index (χ4n) is 4.16. The molecule has 1 aliphatic carbocycles. The number of hydrogen-bond donors (Lipinski definition) is 1. The molecule has 0 saturated heterocycles. The largest absolute Gasteiger partial charge is 0.482 e. The SMILES string of the molecule is CCC(CC1=Cc2cccc(OCC(=O)O)c2CC1)=NOC(c1ccccc1)c1ccccc1. The summed E-state index contributed by atoms with van der Waals surface area (Å²) in [5, 5.41) is 13.5. The number of carboxylic acids is 1. The molecule has 0 fully saturated rings. The summed E-state index contributed by atoms with van der Waals surface area (Å²) in [4.78, 5) is 17.0. The lowest BCUT2D eigenvalue weighted by Crippen LogP contribution is -2.12. The van der Waals surface area contributed by atoms with Gasteiger partial charge in [0.15, 0.2) is 12.7 Å². The molecule has 0 aliphatic heterocycles. The highest BCUT2D eigenvalue weighted by Crippen LogP contribution is 2.33. The van der Waals surface area contributed by atoms with Crippen molar-refractivity contribution in [1.29, 1.82) is 0 Å². The van der Waals surface area contributed by atoms with Gasteiger partial charge in [0.25, 0.3) is 0 Å². The van der Waals surface area contributed by atoms with Crippen LogP contribution >= 0.6 is 0 Å². The van der Waals surface area contributed by atoms with Crippen LogP contribution in [0.2, 0.25) is 0 Å². The van der Waals surface area contributed by atoms with Gasteiger partial charge in [0.1, 0.15) is 5.75 Å². The first-order chi connectivity index (χ1) is 16.6. The Labute approximate surface area is 200 Å². The van der Waals surface area contributed by atoms with Gasteiger partial charge in [-0.3, -0.25) is 0 Å². The molecular formula is C29H29NO4. The zero-order chi connectivity index (χ0) is 23.8. The van der Waals surface area contributed by atoms with Crippen molar-refractivity contribution in [2.45, 2.75) is 38.7 Å². The second-order valence-electron chi connectivity index (χ2n) is 8.30. The minimum Gasteiger partial charge on any atom is -0.482 e. The molecule has 0 amide bonds. The van der Waals surface area contributed by atoms with Crippen molar-refractivity contribution in [3.05, 3.63) is 107 Å². The molecule has 3 aromatic rings. The number of rotatable bonds is 10. The van der Waals surface area contributed by atoms with Gasteiger partial charge in [-0.25, -0.2) is 4.79 Å². The molecule has 0 spiro atoms. The number of nitrogens with zero attached hydrogens (tertiary/aromatic N) is 1. The highest BCUT2D eigenvalue weighted by Gasteiger charge is 2.18. The summed E-state index contributed by atoms with van der Waals surface area (Å²) < 4.78 is 5.48. The molecule has 5 heteroatoms. The summed E-state index contributed by atoms with van der Waals surface area (Å²) in [5.74, 6) is -0.325. The Morgan fingerprint density at radius 1 is 0.941 bits per heavy atom. The highest BCUT2D eigenvalue weighted by atomic mass is 16.6. The quantitative estimate of drug-likeness (QED) is 0.282. The van der Waals surface area contributed by atoms with Crippen LogP contribution in [0, 0.1) is 0 Å². The third kappa shape index (κ3) is 5.93. The Kier molecular flexibility index (Phi) is 7.76. The van der Waals surface area contributed by atoms with E-state index in [2.05, 4.69) is 42.4 Å². The van der Waals surface area contributed by atoms with Crippen LogP contribution in [0.4, 0.5) is 0 Å². The number of fused-ring (bicyclic) bond motifs is 1. The van der Waals surface area contributed by atoms with Gasteiger partial charge in [-0.1, -0.05) is 96.5 Å². The average Bonchev–Trinajstić information content (AvgIpc) is 2.88. The van der Waals surface area contributed by atoms with Crippen molar-refractivity contribution in [1.82, 2.24) is 0 Å². The summed E-state index contributed by atoms with van der Waals surface area (Å²) >= 11 is 0. The standard InChI is InChI=1S/C29H29NO4/c1-2-25(30-34-29(22-10-5-3-6-11-22)23-12-7-4-8-13-23)19-21-16-17-26-24(18-21)14-9-15-27(26)33-20-28(31)32/h3-15,18,29H,2,16-17,19-20H2,1H3,(H,31,32). The Morgan fingerprint density at radius 3 is 2.24 bits per heavy atom. The molecule has 34 heavy (non-hydrogen) atoms. The molecular weight excluding hydrogens is 426 g/mol. The highest BCUT2D eigenvalue weighted by molar-refractivity contribution is 5.87. The Balaban J connectivity index is 1.51. The maximum absolute atomic E-state index is 10.9. The van der Waals surface area contributed by atoms with Crippen LogP contribution in [-0.2, 0) is 16.1 Å². The zero-order valence-electron chi connectivity index (χ0n) is 19.3.